The summed E-state index contributed by atoms with van der Waals surface area (Å²) in [6, 6.07) is 1.67. The molecule has 1 aromatic rings. The van der Waals surface area contributed by atoms with Gasteiger partial charge in [0.05, 0.1) is 5.92 Å². The molecule has 1 aromatic heterocycles. The summed E-state index contributed by atoms with van der Waals surface area (Å²) in [6.45, 7) is 3.24. The van der Waals surface area contributed by atoms with Gasteiger partial charge in [0.15, 0.2) is 0 Å². The number of carbonyl (C=O) groups is 2. The molecule has 2 atom stereocenters. The Morgan fingerprint density at radius 1 is 1.50 bits per heavy atom. The van der Waals surface area contributed by atoms with Crippen molar-refractivity contribution in [2.24, 2.45) is 11.8 Å². The fraction of sp³-hybridized carbons (Fsp3) is 0.615. The summed E-state index contributed by atoms with van der Waals surface area (Å²) in [4.78, 5) is 25.7. The van der Waals surface area contributed by atoms with Gasteiger partial charge in [-0.25, -0.2) is 0 Å². The quantitative estimate of drug-likeness (QED) is 0.765. The third-order valence-corrected chi connectivity index (χ3v) is 3.73. The highest BCUT2D eigenvalue weighted by molar-refractivity contribution is 5.93. The molecule has 1 fully saturated rings. The van der Waals surface area contributed by atoms with E-state index in [9.17, 15) is 14.7 Å². The minimum absolute atomic E-state index is 0.106. The van der Waals surface area contributed by atoms with Crippen molar-refractivity contribution >= 4 is 11.8 Å². The van der Waals surface area contributed by atoms with Crippen molar-refractivity contribution in [2.45, 2.75) is 13.5 Å². The molecule has 1 aliphatic heterocycles. The third-order valence-electron chi connectivity index (χ3n) is 3.73. The van der Waals surface area contributed by atoms with Crippen LogP contribution < -0.4 is 5.32 Å². The van der Waals surface area contributed by atoms with Crippen LogP contribution in [0.25, 0.3) is 0 Å². The Morgan fingerprint density at radius 3 is 2.80 bits per heavy atom. The zero-order valence-corrected chi connectivity index (χ0v) is 11.7. The molecular weight excluding hydrogens is 260 g/mol. The van der Waals surface area contributed by atoms with Crippen LogP contribution in [0.15, 0.2) is 12.3 Å². The van der Waals surface area contributed by atoms with Gasteiger partial charge in [0, 0.05) is 45.4 Å². The van der Waals surface area contributed by atoms with Gasteiger partial charge >= 0.3 is 0 Å². The first kappa shape index (κ1) is 14.5. The predicted molar refractivity (Wildman–Crippen MR) is 71.9 cm³/mol. The van der Waals surface area contributed by atoms with E-state index < -0.39 is 0 Å². The summed E-state index contributed by atoms with van der Waals surface area (Å²) in [7, 11) is 1.56. The van der Waals surface area contributed by atoms with E-state index in [0.29, 0.717) is 25.3 Å². The molecule has 2 rings (SSSR count). The summed E-state index contributed by atoms with van der Waals surface area (Å²) in [5, 5.41) is 16.1. The second-order valence-electron chi connectivity index (χ2n) is 4.93. The Morgan fingerprint density at radius 2 is 2.25 bits per heavy atom. The minimum Gasteiger partial charge on any atom is -0.396 e. The van der Waals surface area contributed by atoms with Gasteiger partial charge in [0.25, 0.3) is 5.91 Å². The molecular formula is C13H20N4O3. The lowest BCUT2D eigenvalue weighted by molar-refractivity contribution is -0.125. The molecule has 20 heavy (non-hydrogen) atoms. The van der Waals surface area contributed by atoms with E-state index >= 15 is 0 Å². The normalized spacial score (nSPS) is 22.1. The monoisotopic (exact) mass is 280 g/mol. The molecule has 0 bridgehead atoms. The molecule has 0 saturated carbocycles. The second-order valence-corrected chi connectivity index (χ2v) is 4.93. The molecule has 2 heterocycles. The molecule has 0 aromatic carbocycles. The summed E-state index contributed by atoms with van der Waals surface area (Å²) in [6.07, 6.45) is 1.75. The Balaban J connectivity index is 2.10. The molecule has 1 aliphatic rings. The highest BCUT2D eigenvalue weighted by atomic mass is 16.3. The smallest absolute Gasteiger partial charge is 0.274 e. The van der Waals surface area contributed by atoms with Crippen LogP contribution in [0.5, 0.6) is 0 Å². The van der Waals surface area contributed by atoms with Crippen LogP contribution in [0, 0.1) is 11.8 Å². The lowest BCUT2D eigenvalue weighted by atomic mass is 9.96. The first-order valence-electron chi connectivity index (χ1n) is 6.75. The molecule has 7 nitrogen and oxygen atoms in total. The lowest BCUT2D eigenvalue weighted by Gasteiger charge is -2.14. The van der Waals surface area contributed by atoms with E-state index in [1.165, 1.54) is 0 Å². The van der Waals surface area contributed by atoms with E-state index in [1.54, 1.807) is 28.9 Å². The fourth-order valence-electron chi connectivity index (χ4n) is 2.52. The molecule has 0 radical (unpaired) electrons. The number of aliphatic hydroxyl groups excluding tert-OH is 1. The van der Waals surface area contributed by atoms with Gasteiger partial charge in [-0.2, -0.15) is 5.10 Å². The number of aromatic nitrogens is 2. The van der Waals surface area contributed by atoms with E-state index in [2.05, 4.69) is 10.4 Å². The number of carbonyl (C=O) groups excluding carboxylic acids is 2. The molecule has 0 aliphatic carbocycles. The average Bonchev–Trinajstić information content (AvgIpc) is 3.11. The standard InChI is InChI=1S/C13H20N4O3/c1-3-17-5-4-11(15-17)13(20)16-6-9(8-18)10(7-16)12(19)14-2/h4-5,9-10,18H,3,6-8H2,1-2H3,(H,14,19)/t9-,10+/m0/s1. The van der Waals surface area contributed by atoms with E-state index in [-0.39, 0.29) is 30.3 Å². The minimum atomic E-state index is -0.359. The van der Waals surface area contributed by atoms with E-state index in [1.807, 2.05) is 6.92 Å². The molecule has 110 valence electrons. The Kier molecular flexibility index (Phi) is 4.39. The van der Waals surface area contributed by atoms with E-state index in [4.69, 9.17) is 0 Å². The van der Waals surface area contributed by atoms with Crippen LogP contribution in [-0.4, -0.2) is 58.3 Å². The average molecular weight is 280 g/mol. The van der Waals surface area contributed by atoms with Crippen molar-refractivity contribution in [1.29, 1.82) is 0 Å². The highest BCUT2D eigenvalue weighted by Gasteiger charge is 2.39. The van der Waals surface area contributed by atoms with Crippen molar-refractivity contribution in [3.63, 3.8) is 0 Å². The largest absolute Gasteiger partial charge is 0.396 e. The Labute approximate surface area is 117 Å². The summed E-state index contributed by atoms with van der Waals surface area (Å²) in [5.74, 6) is -0.908. The molecule has 7 heteroatoms. The maximum atomic E-state index is 12.3. The van der Waals surface area contributed by atoms with Crippen LogP contribution >= 0.6 is 0 Å². The van der Waals surface area contributed by atoms with Crippen molar-refractivity contribution in [1.82, 2.24) is 20.0 Å². The van der Waals surface area contributed by atoms with Crippen molar-refractivity contribution in [3.05, 3.63) is 18.0 Å². The van der Waals surface area contributed by atoms with Gasteiger partial charge in [-0.05, 0) is 13.0 Å². The maximum absolute atomic E-state index is 12.3. The van der Waals surface area contributed by atoms with Gasteiger partial charge in [-0.15, -0.1) is 0 Å². The van der Waals surface area contributed by atoms with Crippen LogP contribution in [0.3, 0.4) is 0 Å². The Bertz CT molecular complexity index is 500. The number of aliphatic hydroxyl groups is 1. The number of amides is 2. The summed E-state index contributed by atoms with van der Waals surface area (Å²) in [5.41, 5.74) is 0.376. The van der Waals surface area contributed by atoms with Gasteiger partial charge in [0.1, 0.15) is 5.69 Å². The van der Waals surface area contributed by atoms with Crippen molar-refractivity contribution < 1.29 is 14.7 Å². The van der Waals surface area contributed by atoms with Gasteiger partial charge < -0.3 is 15.3 Å². The van der Waals surface area contributed by atoms with Gasteiger partial charge in [0.2, 0.25) is 5.91 Å². The van der Waals surface area contributed by atoms with Crippen LogP contribution in [0.1, 0.15) is 17.4 Å². The van der Waals surface area contributed by atoms with Gasteiger partial charge in [-0.3, -0.25) is 14.3 Å². The lowest BCUT2D eigenvalue weighted by Crippen LogP contribution is -2.34. The fourth-order valence-corrected chi connectivity index (χ4v) is 2.52. The van der Waals surface area contributed by atoms with Gasteiger partial charge in [-0.1, -0.05) is 0 Å². The highest BCUT2D eigenvalue weighted by Crippen LogP contribution is 2.24. The third kappa shape index (κ3) is 2.67. The first-order chi connectivity index (χ1) is 9.60. The van der Waals surface area contributed by atoms with Crippen molar-refractivity contribution in [2.75, 3.05) is 26.7 Å². The van der Waals surface area contributed by atoms with E-state index in [0.717, 1.165) is 0 Å². The Hall–Kier alpha value is -1.89. The SMILES string of the molecule is CCn1ccc(C(=O)N2C[C@@H](CO)[C@H](C(=O)NC)C2)n1. The van der Waals surface area contributed by atoms with Crippen LogP contribution in [0.4, 0.5) is 0 Å². The number of likely N-dealkylation sites (tertiary alicyclic amines) is 1. The summed E-state index contributed by atoms with van der Waals surface area (Å²) >= 11 is 0. The molecule has 0 spiro atoms. The number of aryl methyl sites for hydroxylation is 1. The van der Waals surface area contributed by atoms with Crippen LogP contribution in [-0.2, 0) is 11.3 Å². The number of hydrogen-bond acceptors (Lipinski definition) is 4. The molecule has 1 saturated heterocycles. The van der Waals surface area contributed by atoms with Crippen LogP contribution in [0.2, 0.25) is 0 Å². The summed E-state index contributed by atoms with van der Waals surface area (Å²) < 4.78 is 1.68. The zero-order chi connectivity index (χ0) is 14.7. The molecule has 0 unspecified atom stereocenters. The number of nitrogens with zero attached hydrogens (tertiary/aromatic N) is 3. The first-order valence-corrected chi connectivity index (χ1v) is 6.75. The number of rotatable bonds is 4. The van der Waals surface area contributed by atoms with Crippen molar-refractivity contribution in [3.8, 4) is 0 Å². The molecule has 2 N–H and O–H groups in total. The predicted octanol–water partition coefficient (Wildman–Crippen LogP) is -0.670. The number of nitrogens with one attached hydrogen (secondary N) is 1. The second kappa shape index (κ2) is 6.04. The molecule has 2 amide bonds. The number of hydrogen-bond donors (Lipinski definition) is 2. The maximum Gasteiger partial charge on any atom is 0.274 e. The zero-order valence-electron chi connectivity index (χ0n) is 11.7. The topological polar surface area (TPSA) is 87.5 Å².